The van der Waals surface area contributed by atoms with Gasteiger partial charge in [-0.15, -0.1) is 0 Å². The molecule has 1 aliphatic carbocycles. The minimum atomic E-state index is -0.255. The monoisotopic (exact) mass is 289 g/mol. The highest BCUT2D eigenvalue weighted by Crippen LogP contribution is 2.25. The van der Waals surface area contributed by atoms with E-state index in [4.69, 9.17) is 4.74 Å². The van der Waals surface area contributed by atoms with Crippen molar-refractivity contribution in [3.05, 3.63) is 35.4 Å². The molecule has 0 heterocycles. The Morgan fingerprint density at radius 2 is 1.90 bits per heavy atom. The summed E-state index contributed by atoms with van der Waals surface area (Å²) in [6, 6.07) is 8.18. The van der Waals surface area contributed by atoms with E-state index in [2.05, 4.69) is 12.2 Å². The van der Waals surface area contributed by atoms with Crippen LogP contribution in [0.1, 0.15) is 61.4 Å². The van der Waals surface area contributed by atoms with Crippen LogP contribution in [0.5, 0.6) is 0 Å². The van der Waals surface area contributed by atoms with Crippen molar-refractivity contribution in [3.8, 4) is 0 Å². The van der Waals surface area contributed by atoms with Crippen LogP contribution in [0.4, 0.5) is 0 Å². The molecule has 0 bridgehead atoms. The fourth-order valence-electron chi connectivity index (χ4n) is 3.23. The molecule has 1 saturated carbocycles. The van der Waals surface area contributed by atoms with Crippen molar-refractivity contribution in [2.75, 3.05) is 7.11 Å². The summed E-state index contributed by atoms with van der Waals surface area (Å²) in [6.45, 7) is 3.00. The summed E-state index contributed by atoms with van der Waals surface area (Å²) in [5.74, 6) is 0.507. The van der Waals surface area contributed by atoms with Gasteiger partial charge in [0.2, 0.25) is 0 Å². The number of hydrogen-bond acceptors (Lipinski definition) is 3. The lowest BCUT2D eigenvalue weighted by Gasteiger charge is -2.24. The van der Waals surface area contributed by atoms with Gasteiger partial charge >= 0.3 is 5.97 Å². The first kappa shape index (κ1) is 16.0. The largest absolute Gasteiger partial charge is 0.465 e. The maximum absolute atomic E-state index is 11.8. The quantitative estimate of drug-likeness (QED) is 0.659. The molecule has 1 fully saturated rings. The van der Waals surface area contributed by atoms with Gasteiger partial charge in [-0.1, -0.05) is 43.9 Å². The van der Waals surface area contributed by atoms with Crippen LogP contribution in [0.15, 0.2) is 24.3 Å². The third-order valence-electron chi connectivity index (χ3n) is 4.64. The van der Waals surface area contributed by atoms with Crippen LogP contribution in [-0.4, -0.2) is 19.1 Å². The molecule has 1 atom stereocenters. The van der Waals surface area contributed by atoms with Crippen LogP contribution >= 0.6 is 0 Å². The van der Waals surface area contributed by atoms with E-state index in [9.17, 15) is 4.79 Å². The van der Waals surface area contributed by atoms with Gasteiger partial charge in [-0.2, -0.15) is 0 Å². The van der Waals surface area contributed by atoms with E-state index in [1.807, 2.05) is 24.3 Å². The third-order valence-corrected chi connectivity index (χ3v) is 4.64. The van der Waals surface area contributed by atoms with Crippen LogP contribution < -0.4 is 5.32 Å². The average Bonchev–Trinajstić information content (AvgIpc) is 2.81. The second-order valence-electron chi connectivity index (χ2n) is 6.07. The third kappa shape index (κ3) is 4.57. The first-order chi connectivity index (χ1) is 10.2. The van der Waals surface area contributed by atoms with Crippen LogP contribution in [0.3, 0.4) is 0 Å². The predicted molar refractivity (Wildman–Crippen MR) is 85.3 cm³/mol. The van der Waals surface area contributed by atoms with Crippen molar-refractivity contribution >= 4 is 5.97 Å². The van der Waals surface area contributed by atoms with Gasteiger partial charge in [0.05, 0.1) is 12.7 Å². The summed E-state index contributed by atoms with van der Waals surface area (Å²) < 4.78 is 4.85. The standard InChI is InChI=1S/C18H27NO2/c1-14(15-9-5-3-4-6-10-15)19-13-16-11-7-8-12-17(16)18(20)21-2/h7-8,11-12,14-15,19H,3-6,9-10,13H2,1-2H3/t14-/m1/s1. The van der Waals surface area contributed by atoms with Crippen molar-refractivity contribution in [2.45, 2.75) is 58.0 Å². The summed E-state index contributed by atoms with van der Waals surface area (Å²) >= 11 is 0. The molecule has 0 unspecified atom stereocenters. The molecule has 0 aliphatic heterocycles. The Morgan fingerprint density at radius 1 is 1.24 bits per heavy atom. The molecular formula is C18H27NO2. The van der Waals surface area contributed by atoms with E-state index in [-0.39, 0.29) is 5.97 Å². The Hall–Kier alpha value is -1.35. The van der Waals surface area contributed by atoms with E-state index >= 15 is 0 Å². The summed E-state index contributed by atoms with van der Waals surface area (Å²) in [5.41, 5.74) is 1.69. The molecule has 0 aromatic heterocycles. The van der Waals surface area contributed by atoms with Crippen molar-refractivity contribution in [1.82, 2.24) is 5.32 Å². The number of carbonyl (C=O) groups is 1. The van der Waals surface area contributed by atoms with E-state index < -0.39 is 0 Å². The molecule has 3 heteroatoms. The molecule has 21 heavy (non-hydrogen) atoms. The zero-order valence-corrected chi connectivity index (χ0v) is 13.2. The van der Waals surface area contributed by atoms with Crippen molar-refractivity contribution in [2.24, 2.45) is 5.92 Å². The zero-order valence-electron chi connectivity index (χ0n) is 13.2. The summed E-state index contributed by atoms with van der Waals surface area (Å²) in [7, 11) is 1.43. The Morgan fingerprint density at radius 3 is 2.57 bits per heavy atom. The predicted octanol–water partition coefficient (Wildman–Crippen LogP) is 3.92. The normalized spacial score (nSPS) is 18.0. The van der Waals surface area contributed by atoms with Gasteiger partial charge in [-0.25, -0.2) is 4.79 Å². The molecule has 3 nitrogen and oxygen atoms in total. The number of benzene rings is 1. The molecule has 1 N–H and O–H groups in total. The van der Waals surface area contributed by atoms with Gasteiger partial charge in [0.25, 0.3) is 0 Å². The number of ether oxygens (including phenoxy) is 1. The number of nitrogens with one attached hydrogen (secondary N) is 1. The second kappa shape index (κ2) is 8.18. The first-order valence-corrected chi connectivity index (χ1v) is 8.12. The van der Waals surface area contributed by atoms with E-state index in [0.717, 1.165) is 18.0 Å². The second-order valence-corrected chi connectivity index (χ2v) is 6.07. The van der Waals surface area contributed by atoms with Crippen LogP contribution in [0, 0.1) is 5.92 Å². The SMILES string of the molecule is COC(=O)c1ccccc1CN[C@H](C)C1CCCCCC1. The lowest BCUT2D eigenvalue weighted by molar-refractivity contribution is 0.0599. The molecule has 116 valence electrons. The van der Waals surface area contributed by atoms with Crippen LogP contribution in [0.25, 0.3) is 0 Å². The Kier molecular flexibility index (Phi) is 6.24. The highest BCUT2D eigenvalue weighted by Gasteiger charge is 2.19. The minimum Gasteiger partial charge on any atom is -0.465 e. The smallest absolute Gasteiger partial charge is 0.338 e. The van der Waals surface area contributed by atoms with Crippen molar-refractivity contribution in [1.29, 1.82) is 0 Å². The van der Waals surface area contributed by atoms with Crippen LogP contribution in [0.2, 0.25) is 0 Å². The van der Waals surface area contributed by atoms with E-state index in [0.29, 0.717) is 11.6 Å². The van der Waals surface area contributed by atoms with Gasteiger partial charge in [-0.3, -0.25) is 0 Å². The molecule has 1 aromatic rings. The molecule has 0 amide bonds. The molecular weight excluding hydrogens is 262 g/mol. The maximum atomic E-state index is 11.8. The molecule has 1 aromatic carbocycles. The lowest BCUT2D eigenvalue weighted by atomic mass is 9.93. The first-order valence-electron chi connectivity index (χ1n) is 8.12. The Bertz CT molecular complexity index is 450. The molecule has 0 radical (unpaired) electrons. The zero-order chi connectivity index (χ0) is 15.1. The highest BCUT2D eigenvalue weighted by molar-refractivity contribution is 5.90. The van der Waals surface area contributed by atoms with Crippen molar-refractivity contribution in [3.63, 3.8) is 0 Å². The lowest BCUT2D eigenvalue weighted by Crippen LogP contribution is -2.33. The van der Waals surface area contributed by atoms with Gasteiger partial charge in [0.1, 0.15) is 0 Å². The Balaban J connectivity index is 1.94. The van der Waals surface area contributed by atoms with Gasteiger partial charge < -0.3 is 10.1 Å². The van der Waals surface area contributed by atoms with Crippen molar-refractivity contribution < 1.29 is 9.53 Å². The van der Waals surface area contributed by atoms with Gasteiger partial charge in [0, 0.05) is 12.6 Å². The van der Waals surface area contributed by atoms with E-state index in [1.54, 1.807) is 0 Å². The number of methoxy groups -OCH3 is 1. The number of rotatable bonds is 5. The van der Waals surface area contributed by atoms with E-state index in [1.165, 1.54) is 45.6 Å². The fraction of sp³-hybridized carbons (Fsp3) is 0.611. The topological polar surface area (TPSA) is 38.3 Å². The summed E-state index contributed by atoms with van der Waals surface area (Å²) in [6.07, 6.45) is 8.13. The van der Waals surface area contributed by atoms with Crippen LogP contribution in [-0.2, 0) is 11.3 Å². The maximum Gasteiger partial charge on any atom is 0.338 e. The number of hydrogen-bond donors (Lipinski definition) is 1. The average molecular weight is 289 g/mol. The summed E-state index contributed by atoms with van der Waals surface area (Å²) in [5, 5.41) is 3.61. The molecule has 0 spiro atoms. The highest BCUT2D eigenvalue weighted by atomic mass is 16.5. The van der Waals surface area contributed by atoms with Gasteiger partial charge in [0.15, 0.2) is 0 Å². The Labute approximate surface area is 128 Å². The number of carbonyl (C=O) groups excluding carboxylic acids is 1. The number of esters is 1. The molecule has 0 saturated heterocycles. The van der Waals surface area contributed by atoms with Gasteiger partial charge in [-0.05, 0) is 37.3 Å². The molecule has 2 rings (SSSR count). The summed E-state index contributed by atoms with van der Waals surface area (Å²) in [4.78, 5) is 11.8. The fourth-order valence-corrected chi connectivity index (χ4v) is 3.23. The minimum absolute atomic E-state index is 0.255. The molecule has 1 aliphatic rings.